The highest BCUT2D eigenvalue weighted by Crippen LogP contribution is 2.24. The quantitative estimate of drug-likeness (QED) is 0.730. The molecule has 1 amide bonds. The van der Waals surface area contributed by atoms with E-state index >= 15 is 0 Å². The van der Waals surface area contributed by atoms with E-state index in [-0.39, 0.29) is 31.0 Å². The lowest BCUT2D eigenvalue weighted by Gasteiger charge is -2.28. The van der Waals surface area contributed by atoms with Crippen molar-refractivity contribution in [2.75, 3.05) is 19.0 Å². The molecule has 1 fully saturated rings. The number of nitrogens with two attached hydrogens (primary N) is 1. The van der Waals surface area contributed by atoms with Crippen molar-refractivity contribution in [3.63, 3.8) is 0 Å². The van der Waals surface area contributed by atoms with Gasteiger partial charge in [0.15, 0.2) is 0 Å². The zero-order valence-corrected chi connectivity index (χ0v) is 14.1. The molecule has 0 heterocycles. The first kappa shape index (κ1) is 19.7. The minimum absolute atomic E-state index is 0. The highest BCUT2D eigenvalue weighted by Gasteiger charge is 2.24. The zero-order chi connectivity index (χ0) is 15.9. The summed E-state index contributed by atoms with van der Waals surface area (Å²) in [6.07, 6.45) is 3.23. The molecule has 6 nitrogen and oxygen atoms in total. The van der Waals surface area contributed by atoms with Gasteiger partial charge in [0.25, 0.3) is 0 Å². The number of hydrogen-bond acceptors (Lipinski definition) is 5. The van der Waals surface area contributed by atoms with Crippen molar-refractivity contribution in [2.45, 2.75) is 43.9 Å². The summed E-state index contributed by atoms with van der Waals surface area (Å²) < 4.78 is 10.7. The standard InChI is InChI=1S/C16H24N2O4.ClH/c1-21-10-13(17)16(20)18-11-6-8-12(9-7-11)22-15-5-3-2-4-14(15)19;/h6-9,13-15,19H,2-5,10,17H2,1H3,(H,18,20);1H. The SMILES string of the molecule is COCC(N)C(=O)Nc1ccc(OC2CCCCC2O)cc1.Cl. The van der Waals surface area contributed by atoms with E-state index in [1.165, 1.54) is 7.11 Å². The maximum atomic E-state index is 11.8. The average molecular weight is 345 g/mol. The van der Waals surface area contributed by atoms with E-state index < -0.39 is 12.1 Å². The molecule has 1 aliphatic carbocycles. The first-order valence-electron chi connectivity index (χ1n) is 7.60. The highest BCUT2D eigenvalue weighted by molar-refractivity contribution is 5.94. The fraction of sp³-hybridized carbons (Fsp3) is 0.562. The number of methoxy groups -OCH3 is 1. The maximum Gasteiger partial charge on any atom is 0.243 e. The van der Waals surface area contributed by atoms with Crippen LogP contribution in [0.3, 0.4) is 0 Å². The molecule has 2 rings (SSSR count). The van der Waals surface area contributed by atoms with Crippen molar-refractivity contribution < 1.29 is 19.4 Å². The van der Waals surface area contributed by atoms with Gasteiger partial charge in [-0.25, -0.2) is 0 Å². The van der Waals surface area contributed by atoms with Crippen LogP contribution < -0.4 is 15.8 Å². The lowest BCUT2D eigenvalue weighted by atomic mass is 9.95. The summed E-state index contributed by atoms with van der Waals surface area (Å²) in [5, 5.41) is 12.6. The van der Waals surface area contributed by atoms with Crippen LogP contribution in [-0.4, -0.2) is 43.0 Å². The van der Waals surface area contributed by atoms with Gasteiger partial charge in [0.05, 0.1) is 12.7 Å². The van der Waals surface area contributed by atoms with Gasteiger partial charge in [-0.1, -0.05) is 6.42 Å². The normalized spacial score (nSPS) is 21.9. The van der Waals surface area contributed by atoms with E-state index in [2.05, 4.69) is 5.32 Å². The number of benzene rings is 1. The van der Waals surface area contributed by atoms with E-state index in [0.29, 0.717) is 11.4 Å². The molecule has 7 heteroatoms. The van der Waals surface area contributed by atoms with Crippen molar-refractivity contribution >= 4 is 24.0 Å². The van der Waals surface area contributed by atoms with Crippen LogP contribution in [0.1, 0.15) is 25.7 Å². The Morgan fingerprint density at radius 1 is 1.35 bits per heavy atom. The Bertz CT molecular complexity index is 483. The fourth-order valence-corrected chi connectivity index (χ4v) is 2.50. The second kappa shape index (κ2) is 9.72. The van der Waals surface area contributed by atoms with Gasteiger partial charge in [0, 0.05) is 12.8 Å². The molecule has 3 unspecified atom stereocenters. The van der Waals surface area contributed by atoms with Gasteiger partial charge in [-0.2, -0.15) is 0 Å². The van der Waals surface area contributed by atoms with Crippen LogP contribution in [0.15, 0.2) is 24.3 Å². The number of nitrogens with one attached hydrogen (secondary N) is 1. The molecule has 0 aromatic heterocycles. The van der Waals surface area contributed by atoms with Crippen molar-refractivity contribution in [3.05, 3.63) is 24.3 Å². The van der Waals surface area contributed by atoms with Crippen molar-refractivity contribution in [2.24, 2.45) is 5.73 Å². The number of aliphatic hydroxyl groups is 1. The topological polar surface area (TPSA) is 93.8 Å². The molecule has 1 saturated carbocycles. The maximum absolute atomic E-state index is 11.8. The van der Waals surface area contributed by atoms with Gasteiger partial charge in [-0.05, 0) is 43.5 Å². The van der Waals surface area contributed by atoms with Crippen LogP contribution >= 0.6 is 12.4 Å². The van der Waals surface area contributed by atoms with E-state index in [0.717, 1.165) is 25.7 Å². The number of halogens is 1. The van der Waals surface area contributed by atoms with Crippen LogP contribution in [0, 0.1) is 0 Å². The zero-order valence-electron chi connectivity index (χ0n) is 13.2. The predicted molar refractivity (Wildman–Crippen MR) is 91.1 cm³/mol. The monoisotopic (exact) mass is 344 g/mol. The molecule has 0 aliphatic heterocycles. The molecule has 1 aromatic carbocycles. The van der Waals surface area contributed by atoms with E-state index in [1.54, 1.807) is 24.3 Å². The number of aliphatic hydroxyl groups excluding tert-OH is 1. The Hall–Kier alpha value is -1.34. The third kappa shape index (κ3) is 5.99. The predicted octanol–water partition coefficient (Wildman–Crippen LogP) is 1.70. The van der Waals surface area contributed by atoms with E-state index in [1.807, 2.05) is 0 Å². The molecular formula is C16H25ClN2O4. The summed E-state index contributed by atoms with van der Waals surface area (Å²) in [6, 6.07) is 6.36. The summed E-state index contributed by atoms with van der Waals surface area (Å²) in [4.78, 5) is 11.8. The molecule has 1 aliphatic rings. The largest absolute Gasteiger partial charge is 0.488 e. The highest BCUT2D eigenvalue weighted by atomic mass is 35.5. The van der Waals surface area contributed by atoms with Crippen molar-refractivity contribution in [3.8, 4) is 5.75 Å². The van der Waals surface area contributed by atoms with Crippen LogP contribution in [0.5, 0.6) is 5.75 Å². The summed E-state index contributed by atoms with van der Waals surface area (Å²) in [5.74, 6) is 0.392. The van der Waals surface area contributed by atoms with Gasteiger partial charge in [0.2, 0.25) is 5.91 Å². The Kier molecular flexibility index (Phi) is 8.33. The first-order valence-corrected chi connectivity index (χ1v) is 7.60. The van der Waals surface area contributed by atoms with Crippen molar-refractivity contribution in [1.82, 2.24) is 0 Å². The Balaban J connectivity index is 0.00000264. The number of rotatable bonds is 6. The molecule has 0 spiro atoms. The molecule has 4 N–H and O–H groups in total. The Morgan fingerprint density at radius 3 is 2.61 bits per heavy atom. The fourth-order valence-electron chi connectivity index (χ4n) is 2.50. The third-order valence-corrected chi connectivity index (χ3v) is 3.76. The summed E-state index contributed by atoms with van der Waals surface area (Å²) in [7, 11) is 1.50. The van der Waals surface area contributed by atoms with Gasteiger partial charge >= 0.3 is 0 Å². The minimum atomic E-state index is -0.696. The molecule has 1 aromatic rings. The van der Waals surface area contributed by atoms with Crippen LogP contribution in [0.4, 0.5) is 5.69 Å². The third-order valence-electron chi connectivity index (χ3n) is 3.76. The Morgan fingerprint density at radius 2 is 2.00 bits per heavy atom. The lowest BCUT2D eigenvalue weighted by molar-refractivity contribution is -0.118. The lowest BCUT2D eigenvalue weighted by Crippen LogP contribution is -2.39. The minimum Gasteiger partial charge on any atom is -0.488 e. The number of anilines is 1. The number of ether oxygens (including phenoxy) is 2. The number of hydrogen-bond donors (Lipinski definition) is 3. The molecule has 0 radical (unpaired) electrons. The number of amides is 1. The molecular weight excluding hydrogens is 320 g/mol. The summed E-state index contributed by atoms with van der Waals surface area (Å²) >= 11 is 0. The summed E-state index contributed by atoms with van der Waals surface area (Å²) in [5.41, 5.74) is 6.30. The summed E-state index contributed by atoms with van der Waals surface area (Å²) in [6.45, 7) is 0.173. The molecule has 23 heavy (non-hydrogen) atoms. The number of carbonyl (C=O) groups is 1. The van der Waals surface area contributed by atoms with E-state index in [9.17, 15) is 9.90 Å². The van der Waals surface area contributed by atoms with Gasteiger partial charge in [0.1, 0.15) is 17.9 Å². The smallest absolute Gasteiger partial charge is 0.243 e. The van der Waals surface area contributed by atoms with Gasteiger partial charge < -0.3 is 25.6 Å². The average Bonchev–Trinajstić information content (AvgIpc) is 2.51. The van der Waals surface area contributed by atoms with Gasteiger partial charge in [-0.15, -0.1) is 12.4 Å². The number of carbonyl (C=O) groups excluding carboxylic acids is 1. The van der Waals surface area contributed by atoms with Crippen LogP contribution in [-0.2, 0) is 9.53 Å². The van der Waals surface area contributed by atoms with Crippen LogP contribution in [0.25, 0.3) is 0 Å². The second-order valence-corrected chi connectivity index (χ2v) is 5.58. The Labute approximate surface area is 142 Å². The second-order valence-electron chi connectivity index (χ2n) is 5.58. The van der Waals surface area contributed by atoms with Crippen molar-refractivity contribution in [1.29, 1.82) is 0 Å². The first-order chi connectivity index (χ1) is 10.6. The van der Waals surface area contributed by atoms with Gasteiger partial charge in [-0.3, -0.25) is 4.79 Å². The molecule has 0 bridgehead atoms. The molecule has 130 valence electrons. The molecule has 0 saturated heterocycles. The molecule has 3 atom stereocenters. The van der Waals surface area contributed by atoms with E-state index in [4.69, 9.17) is 15.2 Å². The van der Waals surface area contributed by atoms with Crippen LogP contribution in [0.2, 0.25) is 0 Å².